The third-order valence-electron chi connectivity index (χ3n) is 2.08. The summed E-state index contributed by atoms with van der Waals surface area (Å²) < 4.78 is 1.66. The Kier molecular flexibility index (Phi) is 1.93. The van der Waals surface area contributed by atoms with E-state index >= 15 is 0 Å². The number of rotatable bonds is 1. The molecule has 0 bridgehead atoms. The number of nitrogen functional groups attached to an aromatic ring is 1. The third kappa shape index (κ3) is 1.15. The third-order valence-corrected chi connectivity index (χ3v) is 2.40. The highest BCUT2D eigenvalue weighted by Crippen LogP contribution is 2.25. The van der Waals surface area contributed by atoms with Crippen LogP contribution in [0.2, 0.25) is 5.02 Å². The van der Waals surface area contributed by atoms with Gasteiger partial charge in [0, 0.05) is 12.4 Å². The van der Waals surface area contributed by atoms with Crippen molar-refractivity contribution < 1.29 is 0 Å². The maximum Gasteiger partial charge on any atom is 0.144 e. The molecule has 1 heterocycles. The number of nitrogens with two attached hydrogens (primary N) is 1. The van der Waals surface area contributed by atoms with E-state index in [2.05, 4.69) is 5.10 Å². The summed E-state index contributed by atoms with van der Waals surface area (Å²) in [5.74, 6) is -0.0660. The Labute approximate surface area is 85.8 Å². The van der Waals surface area contributed by atoms with Gasteiger partial charge in [0.2, 0.25) is 0 Å². The molecule has 2 aromatic rings. The minimum absolute atomic E-state index is 0.0660. The van der Waals surface area contributed by atoms with Gasteiger partial charge in [0.1, 0.15) is 11.5 Å². The number of hydrogen-bond donors (Lipinski definition) is 2. The molecular weight excluding hydrogens is 200 g/mol. The molecule has 0 saturated carbocycles. The van der Waals surface area contributed by atoms with Crippen LogP contribution in [0.25, 0.3) is 10.9 Å². The van der Waals surface area contributed by atoms with Crippen molar-refractivity contribution in [2.24, 2.45) is 12.8 Å². The molecule has 0 aliphatic rings. The van der Waals surface area contributed by atoms with E-state index in [1.807, 2.05) is 12.1 Å². The molecule has 3 N–H and O–H groups in total. The number of fused-ring (bicyclic) bond motifs is 1. The summed E-state index contributed by atoms with van der Waals surface area (Å²) in [6.45, 7) is 0. The molecule has 1 aromatic heterocycles. The Morgan fingerprint density at radius 2 is 2.29 bits per heavy atom. The van der Waals surface area contributed by atoms with E-state index in [1.54, 1.807) is 17.8 Å². The van der Waals surface area contributed by atoms with E-state index in [4.69, 9.17) is 22.7 Å². The van der Waals surface area contributed by atoms with Crippen molar-refractivity contribution in [3.05, 3.63) is 28.9 Å². The Hall–Kier alpha value is -1.55. The van der Waals surface area contributed by atoms with Gasteiger partial charge < -0.3 is 5.73 Å². The van der Waals surface area contributed by atoms with E-state index in [0.717, 1.165) is 10.9 Å². The number of halogens is 1. The maximum absolute atomic E-state index is 7.37. The second kappa shape index (κ2) is 2.99. The van der Waals surface area contributed by atoms with Gasteiger partial charge in [-0.15, -0.1) is 0 Å². The van der Waals surface area contributed by atoms with Crippen molar-refractivity contribution >= 4 is 28.3 Å². The van der Waals surface area contributed by atoms with Gasteiger partial charge in [0.05, 0.1) is 10.5 Å². The average Bonchev–Trinajstić information content (AvgIpc) is 2.46. The lowest BCUT2D eigenvalue weighted by molar-refractivity contribution is 0.792. The average molecular weight is 209 g/mol. The van der Waals surface area contributed by atoms with Gasteiger partial charge in [0.15, 0.2) is 0 Å². The summed E-state index contributed by atoms with van der Waals surface area (Å²) in [6, 6.07) is 5.49. The van der Waals surface area contributed by atoms with Crippen LogP contribution in [0.4, 0.5) is 0 Å². The predicted molar refractivity (Wildman–Crippen MR) is 56.7 cm³/mol. The first-order valence-corrected chi connectivity index (χ1v) is 4.44. The first-order valence-electron chi connectivity index (χ1n) is 4.07. The van der Waals surface area contributed by atoms with Crippen LogP contribution in [0.15, 0.2) is 18.2 Å². The van der Waals surface area contributed by atoms with Crippen molar-refractivity contribution in [1.82, 2.24) is 9.78 Å². The highest BCUT2D eigenvalue weighted by Gasteiger charge is 2.13. The number of aryl methyl sites for hydroxylation is 1. The van der Waals surface area contributed by atoms with Crippen LogP contribution in [-0.4, -0.2) is 15.6 Å². The summed E-state index contributed by atoms with van der Waals surface area (Å²) in [6.07, 6.45) is 0. The van der Waals surface area contributed by atoms with Crippen LogP contribution in [-0.2, 0) is 7.05 Å². The fraction of sp³-hybridized carbons (Fsp3) is 0.111. The summed E-state index contributed by atoms with van der Waals surface area (Å²) in [4.78, 5) is 0. The minimum Gasteiger partial charge on any atom is -0.382 e. The molecule has 0 aliphatic heterocycles. The van der Waals surface area contributed by atoms with E-state index in [-0.39, 0.29) is 5.84 Å². The van der Waals surface area contributed by atoms with Crippen molar-refractivity contribution in [3.63, 3.8) is 0 Å². The highest BCUT2D eigenvalue weighted by molar-refractivity contribution is 6.36. The zero-order valence-electron chi connectivity index (χ0n) is 7.58. The molecule has 0 atom stereocenters. The SMILES string of the molecule is Cn1nc(C(=N)N)c2c(Cl)cccc21. The van der Waals surface area contributed by atoms with Crippen LogP contribution < -0.4 is 5.73 Å². The van der Waals surface area contributed by atoms with E-state index < -0.39 is 0 Å². The van der Waals surface area contributed by atoms with E-state index in [9.17, 15) is 0 Å². The Morgan fingerprint density at radius 3 is 2.93 bits per heavy atom. The zero-order valence-corrected chi connectivity index (χ0v) is 8.34. The van der Waals surface area contributed by atoms with E-state index in [1.165, 1.54) is 0 Å². The number of benzene rings is 1. The number of hydrogen-bond acceptors (Lipinski definition) is 2. The van der Waals surface area contributed by atoms with Crippen LogP contribution in [0, 0.1) is 5.41 Å². The van der Waals surface area contributed by atoms with Crippen LogP contribution in [0.3, 0.4) is 0 Å². The predicted octanol–water partition coefficient (Wildman–Crippen LogP) is 1.51. The highest BCUT2D eigenvalue weighted by atomic mass is 35.5. The van der Waals surface area contributed by atoms with Crippen LogP contribution in [0.5, 0.6) is 0 Å². The monoisotopic (exact) mass is 208 g/mol. The van der Waals surface area contributed by atoms with Gasteiger partial charge in [0.25, 0.3) is 0 Å². The van der Waals surface area contributed by atoms with Crippen molar-refractivity contribution in [3.8, 4) is 0 Å². The van der Waals surface area contributed by atoms with Crippen molar-refractivity contribution in [1.29, 1.82) is 5.41 Å². The lowest BCUT2D eigenvalue weighted by Gasteiger charge is -1.95. The Balaban J connectivity index is 2.93. The topological polar surface area (TPSA) is 67.7 Å². The molecule has 1 aromatic carbocycles. The standard InChI is InChI=1S/C9H9ClN4/c1-14-6-4-2-3-5(10)7(6)8(13-14)9(11)12/h2-4H,1H3,(H3,11,12). The molecule has 0 aliphatic carbocycles. The molecular formula is C9H9ClN4. The number of nitrogens with zero attached hydrogens (tertiary/aromatic N) is 2. The first-order chi connectivity index (χ1) is 6.61. The summed E-state index contributed by atoms with van der Waals surface area (Å²) in [5.41, 5.74) is 6.73. The van der Waals surface area contributed by atoms with Gasteiger partial charge in [-0.3, -0.25) is 10.1 Å². The van der Waals surface area contributed by atoms with Gasteiger partial charge in [-0.05, 0) is 12.1 Å². The fourth-order valence-corrected chi connectivity index (χ4v) is 1.72. The van der Waals surface area contributed by atoms with Gasteiger partial charge >= 0.3 is 0 Å². The van der Waals surface area contributed by atoms with E-state index in [0.29, 0.717) is 10.7 Å². The quantitative estimate of drug-likeness (QED) is 0.551. The second-order valence-corrected chi connectivity index (χ2v) is 3.43. The minimum atomic E-state index is -0.0660. The molecule has 0 saturated heterocycles. The lowest BCUT2D eigenvalue weighted by Crippen LogP contribution is -2.12. The molecule has 0 fully saturated rings. The molecule has 2 rings (SSSR count). The van der Waals surface area contributed by atoms with Crippen LogP contribution in [0.1, 0.15) is 5.69 Å². The molecule has 0 radical (unpaired) electrons. The molecule has 14 heavy (non-hydrogen) atoms. The lowest BCUT2D eigenvalue weighted by atomic mass is 10.2. The zero-order chi connectivity index (χ0) is 10.3. The molecule has 0 amide bonds. The largest absolute Gasteiger partial charge is 0.382 e. The number of amidine groups is 1. The normalized spacial score (nSPS) is 10.7. The molecule has 0 spiro atoms. The first kappa shape index (κ1) is 9.02. The Morgan fingerprint density at radius 1 is 1.57 bits per heavy atom. The van der Waals surface area contributed by atoms with Crippen molar-refractivity contribution in [2.75, 3.05) is 0 Å². The fourth-order valence-electron chi connectivity index (χ4n) is 1.46. The molecule has 5 heteroatoms. The second-order valence-electron chi connectivity index (χ2n) is 3.02. The van der Waals surface area contributed by atoms with Gasteiger partial charge in [-0.25, -0.2) is 0 Å². The summed E-state index contributed by atoms with van der Waals surface area (Å²) >= 11 is 6.01. The Bertz CT molecular complexity index is 515. The van der Waals surface area contributed by atoms with Crippen LogP contribution >= 0.6 is 11.6 Å². The maximum atomic E-state index is 7.37. The number of aromatic nitrogens is 2. The summed E-state index contributed by atoms with van der Waals surface area (Å²) in [7, 11) is 1.80. The molecule has 4 nitrogen and oxygen atoms in total. The van der Waals surface area contributed by atoms with Gasteiger partial charge in [-0.1, -0.05) is 17.7 Å². The molecule has 72 valence electrons. The smallest absolute Gasteiger partial charge is 0.144 e. The summed E-state index contributed by atoms with van der Waals surface area (Å²) in [5, 5.41) is 12.8. The van der Waals surface area contributed by atoms with Gasteiger partial charge in [-0.2, -0.15) is 5.10 Å². The number of nitrogens with one attached hydrogen (secondary N) is 1. The van der Waals surface area contributed by atoms with Crippen molar-refractivity contribution in [2.45, 2.75) is 0 Å². The molecule has 0 unspecified atom stereocenters.